The first-order valence-corrected chi connectivity index (χ1v) is 14.0. The van der Waals surface area contributed by atoms with Gasteiger partial charge in [0, 0.05) is 45.9 Å². The standard InChI is InChI=1S/C29H41N2O11/c1-17(32)37-16-23-24(38-18(2)33)25(39-19(3)34)26(40-20(4)35)27(41-23)30-13-10-11-21(15-30)22-12-8-9-14-31(22)28(36)42-29(5,6)7/h10-11,13,15,22-27H,8-9,12,14,16H2,1-7H3/q+1/t22-,23+,24+,25-,26+,27+/m0/s1. The Balaban J connectivity index is 2.05. The number of hydrogen-bond donors (Lipinski definition) is 0. The summed E-state index contributed by atoms with van der Waals surface area (Å²) < 4.78 is 35.4. The molecule has 0 radical (unpaired) electrons. The smallest absolute Gasteiger partial charge is 0.410 e. The van der Waals surface area contributed by atoms with Gasteiger partial charge in [-0.2, -0.15) is 4.57 Å². The van der Waals surface area contributed by atoms with Crippen LogP contribution in [0.3, 0.4) is 0 Å². The maximum Gasteiger partial charge on any atom is 0.410 e. The van der Waals surface area contributed by atoms with Crippen molar-refractivity contribution in [3.63, 3.8) is 0 Å². The maximum absolute atomic E-state index is 13.1. The third-order valence-electron chi connectivity index (χ3n) is 6.62. The molecule has 0 N–H and O–H groups in total. The molecule has 2 fully saturated rings. The number of likely N-dealkylation sites (tertiary alicyclic amines) is 1. The van der Waals surface area contributed by atoms with E-state index in [9.17, 15) is 24.0 Å². The molecule has 2 aliphatic heterocycles. The number of amides is 1. The van der Waals surface area contributed by atoms with E-state index in [1.54, 1.807) is 27.9 Å². The minimum atomic E-state index is -1.29. The summed E-state index contributed by atoms with van der Waals surface area (Å²) in [6.45, 7) is 10.4. The molecule has 1 aromatic rings. The van der Waals surface area contributed by atoms with Crippen LogP contribution in [-0.2, 0) is 47.6 Å². The average Bonchev–Trinajstić information content (AvgIpc) is 2.88. The van der Waals surface area contributed by atoms with Crippen molar-refractivity contribution in [2.45, 2.75) is 110 Å². The average molecular weight is 594 g/mol. The van der Waals surface area contributed by atoms with Gasteiger partial charge in [0.2, 0.25) is 6.10 Å². The molecule has 3 rings (SSSR count). The van der Waals surface area contributed by atoms with E-state index in [0.717, 1.165) is 18.4 Å². The van der Waals surface area contributed by atoms with E-state index in [-0.39, 0.29) is 12.6 Å². The van der Waals surface area contributed by atoms with Crippen LogP contribution in [-0.4, -0.2) is 78.0 Å². The third kappa shape index (κ3) is 8.88. The van der Waals surface area contributed by atoms with Gasteiger partial charge in [-0.1, -0.05) is 0 Å². The SMILES string of the molecule is CC(=O)OC[C@H]1O[C@@H]([n+]2cccc([C@@H]3CCCCN3C(=O)OC(C)(C)C)c2)[C@H](OC(C)=O)[C@@H](OC(C)=O)[C@@H]1OC(C)=O. The quantitative estimate of drug-likeness (QED) is 0.261. The summed E-state index contributed by atoms with van der Waals surface area (Å²) in [4.78, 5) is 62.8. The summed E-state index contributed by atoms with van der Waals surface area (Å²) in [5.41, 5.74) is 0.111. The zero-order chi connectivity index (χ0) is 31.2. The van der Waals surface area contributed by atoms with Crippen LogP contribution in [0.25, 0.3) is 0 Å². The second-order valence-corrected chi connectivity index (χ2v) is 11.4. The third-order valence-corrected chi connectivity index (χ3v) is 6.62. The molecular formula is C29H41N2O11+. The molecular weight excluding hydrogens is 552 g/mol. The van der Waals surface area contributed by atoms with Gasteiger partial charge in [0.1, 0.15) is 18.3 Å². The number of piperidine rings is 1. The highest BCUT2D eigenvalue weighted by Crippen LogP contribution is 2.34. The van der Waals surface area contributed by atoms with Crippen molar-refractivity contribution < 1.29 is 57.0 Å². The molecule has 1 amide bonds. The molecule has 42 heavy (non-hydrogen) atoms. The van der Waals surface area contributed by atoms with Crippen LogP contribution in [0.5, 0.6) is 0 Å². The van der Waals surface area contributed by atoms with Crippen LogP contribution >= 0.6 is 0 Å². The highest BCUT2D eigenvalue weighted by Gasteiger charge is 2.56. The molecule has 0 spiro atoms. The Morgan fingerprint density at radius 2 is 1.52 bits per heavy atom. The molecule has 0 saturated carbocycles. The summed E-state index contributed by atoms with van der Waals surface area (Å²) in [5.74, 6) is -2.71. The zero-order valence-corrected chi connectivity index (χ0v) is 25.2. The molecule has 0 bridgehead atoms. The van der Waals surface area contributed by atoms with Crippen molar-refractivity contribution in [2.24, 2.45) is 0 Å². The first kappa shape index (κ1) is 32.8. The topological polar surface area (TPSA) is 148 Å². The molecule has 2 aliphatic rings. The predicted molar refractivity (Wildman–Crippen MR) is 143 cm³/mol. The van der Waals surface area contributed by atoms with Gasteiger partial charge in [-0.3, -0.25) is 19.2 Å². The number of hydrogen-bond acceptors (Lipinski definition) is 11. The summed E-state index contributed by atoms with van der Waals surface area (Å²) in [7, 11) is 0. The van der Waals surface area contributed by atoms with E-state index in [4.69, 9.17) is 28.4 Å². The summed E-state index contributed by atoms with van der Waals surface area (Å²) >= 11 is 0. The number of aromatic nitrogens is 1. The van der Waals surface area contributed by atoms with E-state index in [0.29, 0.717) is 13.0 Å². The van der Waals surface area contributed by atoms with Gasteiger partial charge in [-0.25, -0.2) is 4.79 Å². The Morgan fingerprint density at radius 1 is 0.905 bits per heavy atom. The summed E-state index contributed by atoms with van der Waals surface area (Å²) in [6.07, 6.45) is -0.531. The Morgan fingerprint density at radius 3 is 2.12 bits per heavy atom. The van der Waals surface area contributed by atoms with Crippen molar-refractivity contribution in [2.75, 3.05) is 13.2 Å². The molecule has 232 valence electrons. The van der Waals surface area contributed by atoms with Crippen LogP contribution in [0, 0.1) is 0 Å². The lowest BCUT2D eigenvalue weighted by Gasteiger charge is -2.42. The molecule has 13 nitrogen and oxygen atoms in total. The minimum absolute atomic E-state index is 0.299. The van der Waals surface area contributed by atoms with E-state index in [2.05, 4.69) is 0 Å². The fraction of sp³-hybridized carbons (Fsp3) is 0.655. The number of nitrogens with zero attached hydrogens (tertiary/aromatic N) is 2. The minimum Gasteiger partial charge on any atom is -0.463 e. The largest absolute Gasteiger partial charge is 0.463 e. The highest BCUT2D eigenvalue weighted by molar-refractivity contribution is 5.69. The highest BCUT2D eigenvalue weighted by atomic mass is 16.7. The normalized spacial score (nSPS) is 26.0. The van der Waals surface area contributed by atoms with Crippen LogP contribution in [0.1, 0.15) is 85.6 Å². The Kier molecular flexibility index (Phi) is 10.9. The number of carbonyl (C=O) groups is 5. The Bertz CT molecular complexity index is 1160. The number of ether oxygens (including phenoxy) is 6. The van der Waals surface area contributed by atoms with Crippen LogP contribution in [0.15, 0.2) is 24.5 Å². The van der Waals surface area contributed by atoms with Crippen molar-refractivity contribution in [1.82, 2.24) is 4.90 Å². The monoisotopic (exact) mass is 593 g/mol. The molecule has 0 aromatic carbocycles. The number of carbonyl (C=O) groups excluding carboxylic acids is 5. The van der Waals surface area contributed by atoms with Gasteiger partial charge in [-0.15, -0.1) is 0 Å². The summed E-state index contributed by atoms with van der Waals surface area (Å²) in [5, 5.41) is 0. The molecule has 1 aromatic heterocycles. The lowest BCUT2D eigenvalue weighted by Crippen LogP contribution is -2.65. The van der Waals surface area contributed by atoms with Crippen molar-refractivity contribution in [3.8, 4) is 0 Å². The number of esters is 4. The lowest BCUT2D eigenvalue weighted by atomic mass is 9.95. The molecule has 6 atom stereocenters. The van der Waals surface area contributed by atoms with Gasteiger partial charge < -0.3 is 33.3 Å². The van der Waals surface area contributed by atoms with Crippen molar-refractivity contribution >= 4 is 30.0 Å². The van der Waals surface area contributed by atoms with E-state index >= 15 is 0 Å². The molecule has 0 aliphatic carbocycles. The first-order valence-electron chi connectivity index (χ1n) is 14.0. The summed E-state index contributed by atoms with van der Waals surface area (Å²) in [6, 6.07) is 3.33. The number of rotatable bonds is 7. The van der Waals surface area contributed by atoms with E-state index in [1.165, 1.54) is 27.7 Å². The van der Waals surface area contributed by atoms with Crippen LogP contribution in [0.2, 0.25) is 0 Å². The van der Waals surface area contributed by atoms with Gasteiger partial charge in [0.15, 0.2) is 24.6 Å². The van der Waals surface area contributed by atoms with Crippen molar-refractivity contribution in [1.29, 1.82) is 0 Å². The number of pyridine rings is 1. The van der Waals surface area contributed by atoms with Gasteiger partial charge in [-0.05, 0) is 46.1 Å². The second-order valence-electron chi connectivity index (χ2n) is 11.4. The fourth-order valence-electron chi connectivity index (χ4n) is 5.13. The lowest BCUT2D eigenvalue weighted by molar-refractivity contribution is -0.778. The van der Waals surface area contributed by atoms with Gasteiger partial charge in [0.05, 0.1) is 6.04 Å². The Hall–Kier alpha value is -3.74. The van der Waals surface area contributed by atoms with Gasteiger partial charge >= 0.3 is 36.2 Å². The zero-order valence-electron chi connectivity index (χ0n) is 25.2. The molecule has 3 heterocycles. The second kappa shape index (κ2) is 14.0. The van der Waals surface area contributed by atoms with Crippen molar-refractivity contribution in [3.05, 3.63) is 30.1 Å². The van der Waals surface area contributed by atoms with E-state index < -0.39 is 66.2 Å². The Labute approximate surface area is 245 Å². The van der Waals surface area contributed by atoms with E-state index in [1.807, 2.05) is 26.8 Å². The predicted octanol–water partition coefficient (Wildman–Crippen LogP) is 2.69. The molecule has 0 unspecified atom stereocenters. The molecule has 2 saturated heterocycles. The van der Waals surface area contributed by atoms with Gasteiger partial charge in [0.25, 0.3) is 0 Å². The maximum atomic E-state index is 13.1. The first-order chi connectivity index (χ1) is 19.7. The molecule has 13 heteroatoms. The fourth-order valence-corrected chi connectivity index (χ4v) is 5.13. The van der Waals surface area contributed by atoms with Crippen LogP contribution < -0.4 is 4.57 Å². The van der Waals surface area contributed by atoms with Crippen LogP contribution in [0.4, 0.5) is 4.79 Å².